The van der Waals surface area contributed by atoms with Gasteiger partial charge in [-0.05, 0) is 47.1 Å². The smallest absolute Gasteiger partial charge is 0.410 e. The van der Waals surface area contributed by atoms with Gasteiger partial charge in [0.1, 0.15) is 42.7 Å². The molecule has 7 rings (SSSR count). The molecule has 0 bridgehead atoms. The lowest BCUT2D eigenvalue weighted by Crippen LogP contribution is -2.53. The third kappa shape index (κ3) is 15.9. The minimum absolute atomic E-state index is 0.0401. The van der Waals surface area contributed by atoms with Crippen molar-refractivity contribution in [2.45, 2.75) is 65.5 Å². The van der Waals surface area contributed by atoms with Crippen LogP contribution in [-0.4, -0.2) is 180 Å². The first-order valence-electron chi connectivity index (χ1n) is 28.2. The summed E-state index contributed by atoms with van der Waals surface area (Å²) in [4.78, 5) is 98.5. The molecule has 1 atom stereocenters. The van der Waals surface area contributed by atoms with Gasteiger partial charge in [0.25, 0.3) is 0 Å². The number of amides is 6. The Hall–Kier alpha value is -8.68. The molecule has 7 aromatic rings. The van der Waals surface area contributed by atoms with Crippen LogP contribution in [0.15, 0.2) is 146 Å². The first kappa shape index (κ1) is 62.9. The van der Waals surface area contributed by atoms with Crippen LogP contribution in [-0.2, 0) is 63.5 Å². The molecule has 0 unspecified atom stereocenters. The third-order valence-corrected chi connectivity index (χ3v) is 14.7. The molecule has 0 fully saturated rings. The van der Waals surface area contributed by atoms with Crippen molar-refractivity contribution < 1.29 is 43.0 Å². The first-order valence-corrected chi connectivity index (χ1v) is 28.2. The van der Waals surface area contributed by atoms with Crippen LogP contribution in [0, 0.1) is 5.41 Å². The number of ether oxygens (including phenoxy) is 3. The van der Waals surface area contributed by atoms with Gasteiger partial charge in [-0.2, -0.15) is 0 Å². The van der Waals surface area contributed by atoms with Gasteiger partial charge < -0.3 is 53.5 Å². The average molecular weight is 1150 g/mol. The van der Waals surface area contributed by atoms with Gasteiger partial charge in [-0.1, -0.05) is 160 Å². The number of rotatable bonds is 27. The van der Waals surface area contributed by atoms with E-state index in [-0.39, 0.29) is 70.5 Å². The monoisotopic (exact) mass is 1140 g/mol. The minimum Gasteiger partial charge on any atom is -0.445 e. The Kier molecular flexibility index (Phi) is 21.7. The highest BCUT2D eigenvalue weighted by Gasteiger charge is 2.39. The highest BCUT2D eigenvalue weighted by Crippen LogP contribution is 2.42. The fourth-order valence-corrected chi connectivity index (χ4v) is 9.88. The number of hydrogen-bond donors (Lipinski definition) is 1. The second kappa shape index (κ2) is 29.0. The zero-order valence-electron chi connectivity index (χ0n) is 50.1. The molecule has 5 aromatic carbocycles. The number of carbonyl (C=O) groups is 6. The van der Waals surface area contributed by atoms with Gasteiger partial charge in [-0.25, -0.2) is 14.8 Å². The fraction of sp³-hybridized carbons (Fsp3) is 0.385. The number of nitrogens with one attached hydrogen (secondary N) is 1. The number of para-hydroxylation sites is 1. The number of anilines is 1. The molecular formula is C65H80N10O9. The maximum Gasteiger partial charge on any atom is 0.410 e. The quantitative estimate of drug-likeness (QED) is 0.0387. The Labute approximate surface area is 493 Å². The summed E-state index contributed by atoms with van der Waals surface area (Å²) in [6, 6.07) is 47.4. The summed E-state index contributed by atoms with van der Waals surface area (Å²) in [7, 11) is 8.96. The van der Waals surface area contributed by atoms with Crippen LogP contribution in [0.25, 0.3) is 21.9 Å². The van der Waals surface area contributed by atoms with E-state index in [4.69, 9.17) is 24.2 Å². The number of hydrogen-bond acceptors (Lipinski definition) is 12. The van der Waals surface area contributed by atoms with Gasteiger partial charge in [0.15, 0.2) is 5.82 Å². The largest absolute Gasteiger partial charge is 0.445 e. The van der Waals surface area contributed by atoms with Crippen molar-refractivity contribution >= 4 is 63.4 Å². The summed E-state index contributed by atoms with van der Waals surface area (Å²) in [5.74, 6) is -1.01. The maximum absolute atomic E-state index is 14.3. The molecule has 6 amide bonds. The van der Waals surface area contributed by atoms with E-state index < -0.39 is 41.3 Å². The Bertz CT molecular complexity index is 3240. The number of nitrogens with zero attached hydrogens (tertiary/aromatic N) is 9. The van der Waals surface area contributed by atoms with Gasteiger partial charge in [-0.3, -0.25) is 24.0 Å². The van der Waals surface area contributed by atoms with E-state index in [0.717, 1.165) is 53.4 Å². The molecule has 444 valence electrons. The zero-order chi connectivity index (χ0) is 60.6. The van der Waals surface area contributed by atoms with Crippen LogP contribution < -0.4 is 5.32 Å². The topological polar surface area (TPSA) is 192 Å². The zero-order valence-corrected chi connectivity index (χ0v) is 50.1. The molecule has 0 saturated carbocycles. The van der Waals surface area contributed by atoms with Crippen molar-refractivity contribution in [3.63, 3.8) is 0 Å². The van der Waals surface area contributed by atoms with Crippen molar-refractivity contribution in [3.8, 4) is 0 Å². The van der Waals surface area contributed by atoms with Crippen molar-refractivity contribution in [2.75, 3.05) is 100 Å². The van der Waals surface area contributed by atoms with Gasteiger partial charge in [0, 0.05) is 67.4 Å². The predicted molar refractivity (Wildman–Crippen MR) is 324 cm³/mol. The Morgan fingerprint density at radius 2 is 1.05 bits per heavy atom. The second-order valence-corrected chi connectivity index (χ2v) is 22.3. The average Bonchev–Trinajstić information content (AvgIpc) is 1.82. The van der Waals surface area contributed by atoms with Crippen molar-refractivity contribution in [1.82, 2.24) is 43.9 Å². The highest BCUT2D eigenvalue weighted by molar-refractivity contribution is 6.07. The molecule has 84 heavy (non-hydrogen) atoms. The number of carbonyl (C=O) groups excluding carboxylic acids is 6. The van der Waals surface area contributed by atoms with E-state index in [1.54, 1.807) is 19.0 Å². The molecule has 19 nitrogen and oxygen atoms in total. The Morgan fingerprint density at radius 3 is 1.57 bits per heavy atom. The summed E-state index contributed by atoms with van der Waals surface area (Å²) >= 11 is 0. The van der Waals surface area contributed by atoms with Crippen LogP contribution in [0.4, 0.5) is 10.6 Å². The van der Waals surface area contributed by atoms with Crippen LogP contribution in [0.1, 0.15) is 62.2 Å². The van der Waals surface area contributed by atoms with E-state index in [9.17, 15) is 28.8 Å². The molecule has 0 radical (unpaired) electrons. The molecule has 0 aliphatic carbocycles. The molecular weight excluding hydrogens is 1060 g/mol. The lowest BCUT2D eigenvalue weighted by molar-refractivity contribution is -0.148. The van der Waals surface area contributed by atoms with Crippen molar-refractivity contribution in [1.29, 1.82) is 0 Å². The standard InChI is InChI=1S/C65H80N10O9/c1-11-82-46-54-67-59-60(51-34-24-25-35-52(51)66-61(59)68-65(48-28-18-13-19-29-48,49-30-20-14-21-31-49)50-32-22-15-23-33-50)75(54)37-39-83-38-36-69(5)62(80)53(40-64(2,3)4)74(10)58(79)44-72(8)56(77)42-70(6)55(76)41-71(7)57(78)43-73(9)63(81)84-45-47-26-16-12-17-27-47/h12-35,53H,11,36-46H2,1-10H3,(H,66,68)/t53-/m0/s1. The summed E-state index contributed by atoms with van der Waals surface area (Å²) in [6.45, 7) is 8.41. The van der Waals surface area contributed by atoms with E-state index in [1.807, 2.05) is 131 Å². The molecule has 2 heterocycles. The third-order valence-electron chi connectivity index (χ3n) is 14.7. The summed E-state index contributed by atoms with van der Waals surface area (Å²) in [6.07, 6.45) is -0.361. The maximum atomic E-state index is 14.3. The second-order valence-electron chi connectivity index (χ2n) is 22.3. The number of aromatic nitrogens is 3. The molecule has 2 aromatic heterocycles. The molecule has 1 N–H and O–H groups in total. The lowest BCUT2D eigenvalue weighted by atomic mass is 9.77. The molecule has 19 heteroatoms. The number of imidazole rings is 1. The predicted octanol–water partition coefficient (Wildman–Crippen LogP) is 7.91. The molecule has 0 saturated heterocycles. The SMILES string of the molecule is CCOCc1nc2c(NC(c3ccccc3)(c3ccccc3)c3ccccc3)nc3ccccc3c2n1CCOCCN(C)C(=O)[C@H](CC(C)(C)C)N(C)C(=O)CN(C)C(=O)CN(C)C(=O)CN(C)C(=O)CN(C)C(=O)OCc1ccccc1. The van der Waals surface area contributed by atoms with Gasteiger partial charge >= 0.3 is 6.09 Å². The summed E-state index contributed by atoms with van der Waals surface area (Å²) in [5.41, 5.74) is 4.97. The lowest BCUT2D eigenvalue weighted by Gasteiger charge is -2.37. The normalized spacial score (nSPS) is 11.9. The van der Waals surface area contributed by atoms with Crippen LogP contribution >= 0.6 is 0 Å². The van der Waals surface area contributed by atoms with E-state index in [0.29, 0.717) is 36.7 Å². The van der Waals surface area contributed by atoms with Crippen molar-refractivity contribution in [2.24, 2.45) is 5.41 Å². The molecule has 0 spiro atoms. The van der Waals surface area contributed by atoms with Crippen LogP contribution in [0.5, 0.6) is 0 Å². The summed E-state index contributed by atoms with van der Waals surface area (Å²) < 4.78 is 19.8. The molecule has 0 aliphatic rings. The van der Waals surface area contributed by atoms with Gasteiger partial charge in [0.05, 0.1) is 43.9 Å². The number of fused-ring (bicyclic) bond motifs is 3. The van der Waals surface area contributed by atoms with E-state index in [2.05, 4.69) is 52.3 Å². The van der Waals surface area contributed by atoms with Crippen LogP contribution in [0.3, 0.4) is 0 Å². The first-order chi connectivity index (χ1) is 40.2. The minimum atomic E-state index is -0.874. The summed E-state index contributed by atoms with van der Waals surface area (Å²) in [5, 5.41) is 4.90. The van der Waals surface area contributed by atoms with Crippen molar-refractivity contribution in [3.05, 3.63) is 174 Å². The Balaban J connectivity index is 0.981. The molecule has 0 aliphatic heterocycles. The fourth-order valence-electron chi connectivity index (χ4n) is 9.88. The van der Waals surface area contributed by atoms with Crippen LogP contribution in [0.2, 0.25) is 0 Å². The number of benzene rings is 5. The van der Waals surface area contributed by atoms with E-state index in [1.165, 1.54) is 38.0 Å². The van der Waals surface area contributed by atoms with Gasteiger partial charge in [-0.15, -0.1) is 0 Å². The van der Waals surface area contributed by atoms with E-state index >= 15 is 0 Å². The number of pyridine rings is 1. The van der Waals surface area contributed by atoms with Gasteiger partial charge in [0.2, 0.25) is 29.5 Å². The highest BCUT2D eigenvalue weighted by atomic mass is 16.6. The Morgan fingerprint density at radius 1 is 0.560 bits per heavy atom. The number of likely N-dealkylation sites (N-methyl/N-ethyl adjacent to an activating group) is 6.